The Morgan fingerprint density at radius 2 is 1.87 bits per heavy atom. The van der Waals surface area contributed by atoms with Crippen molar-refractivity contribution in [2.75, 3.05) is 6.54 Å². The molecule has 30 heavy (non-hydrogen) atoms. The number of hydrogen-bond donors (Lipinski definition) is 1. The average Bonchev–Trinajstić information content (AvgIpc) is 2.78. The predicted octanol–water partition coefficient (Wildman–Crippen LogP) is 4.08. The zero-order valence-electron chi connectivity index (χ0n) is 16.1. The van der Waals surface area contributed by atoms with Gasteiger partial charge in [0.15, 0.2) is 17.4 Å². The minimum atomic E-state index is -0.856. The van der Waals surface area contributed by atoms with Crippen LogP contribution in [0.2, 0.25) is 0 Å². The van der Waals surface area contributed by atoms with Gasteiger partial charge < -0.3 is 5.32 Å². The molecule has 0 fully saturated rings. The monoisotopic (exact) mass is 418 g/mol. The molecule has 0 amide bonds. The number of rotatable bonds is 8. The van der Waals surface area contributed by atoms with E-state index in [0.29, 0.717) is 11.5 Å². The van der Waals surface area contributed by atoms with E-state index in [1.54, 1.807) is 22.9 Å². The number of benzene rings is 2. The van der Waals surface area contributed by atoms with Gasteiger partial charge in [0.1, 0.15) is 0 Å². The van der Waals surface area contributed by atoms with Gasteiger partial charge in [-0.05, 0) is 11.6 Å². The zero-order valence-corrected chi connectivity index (χ0v) is 16.9. The van der Waals surface area contributed by atoms with E-state index in [2.05, 4.69) is 11.9 Å². The van der Waals surface area contributed by atoms with E-state index >= 15 is 0 Å². The van der Waals surface area contributed by atoms with E-state index in [4.69, 9.17) is 12.2 Å². The summed E-state index contributed by atoms with van der Waals surface area (Å²) < 4.78 is 1.72. The summed E-state index contributed by atoms with van der Waals surface area (Å²) in [6, 6.07) is 18.4. The standard InChI is InChI=1S/C23H19N3O3S/c1-2-13-24-23(30)21(22(27)18-10-6-12-20(15-18)26(28)29)25-14-7-11-19(16-25)17-8-4-3-5-9-17/h2-12,14-16,21H,1,13H2/p+1. The highest BCUT2D eigenvalue weighted by atomic mass is 32.1. The van der Waals surface area contributed by atoms with Crippen LogP contribution in [0.15, 0.2) is 91.8 Å². The van der Waals surface area contributed by atoms with Gasteiger partial charge in [-0.25, -0.2) is 0 Å². The maximum atomic E-state index is 13.4. The number of non-ortho nitro benzene ring substituents is 1. The number of Topliss-reactive ketones (excluding diaryl/α,β-unsaturated/α-hetero) is 1. The third-order valence-corrected chi connectivity index (χ3v) is 4.85. The van der Waals surface area contributed by atoms with Crippen molar-refractivity contribution in [2.45, 2.75) is 6.04 Å². The number of nitrogens with one attached hydrogen (secondary N) is 1. The van der Waals surface area contributed by atoms with E-state index in [1.807, 2.05) is 48.7 Å². The number of aromatic nitrogens is 1. The molecule has 150 valence electrons. The topological polar surface area (TPSA) is 76.1 Å². The van der Waals surface area contributed by atoms with Crippen molar-refractivity contribution in [3.05, 3.63) is 107 Å². The first-order valence-electron chi connectivity index (χ1n) is 9.25. The van der Waals surface area contributed by atoms with Gasteiger partial charge in [0.05, 0.1) is 4.92 Å². The third-order valence-electron chi connectivity index (χ3n) is 4.49. The first kappa shape index (κ1) is 21.0. The maximum absolute atomic E-state index is 13.4. The molecule has 6 nitrogen and oxygen atoms in total. The number of nitro benzene ring substituents is 1. The van der Waals surface area contributed by atoms with Gasteiger partial charge in [-0.3, -0.25) is 14.9 Å². The lowest BCUT2D eigenvalue weighted by Crippen LogP contribution is -2.51. The average molecular weight is 418 g/mol. The summed E-state index contributed by atoms with van der Waals surface area (Å²) in [4.78, 5) is 24.3. The van der Waals surface area contributed by atoms with Crippen LogP contribution in [0.25, 0.3) is 11.1 Å². The van der Waals surface area contributed by atoms with Gasteiger partial charge in [0.2, 0.25) is 5.78 Å². The fourth-order valence-corrected chi connectivity index (χ4v) is 3.36. The number of hydrogen-bond acceptors (Lipinski definition) is 4. The van der Waals surface area contributed by atoms with Crippen LogP contribution >= 0.6 is 12.2 Å². The molecule has 1 N–H and O–H groups in total. The molecule has 1 heterocycles. The number of nitro groups is 1. The molecule has 3 aromatic rings. The van der Waals surface area contributed by atoms with Crippen molar-refractivity contribution in [1.82, 2.24) is 5.32 Å². The lowest BCUT2D eigenvalue weighted by atomic mass is 10.0. The van der Waals surface area contributed by atoms with Gasteiger partial charge in [-0.2, -0.15) is 4.57 Å². The van der Waals surface area contributed by atoms with Crippen LogP contribution in [0.1, 0.15) is 16.4 Å². The molecule has 3 rings (SSSR count). The second kappa shape index (κ2) is 9.67. The van der Waals surface area contributed by atoms with Crippen molar-refractivity contribution in [1.29, 1.82) is 0 Å². The van der Waals surface area contributed by atoms with Gasteiger partial charge in [-0.1, -0.05) is 60.8 Å². The van der Waals surface area contributed by atoms with E-state index in [9.17, 15) is 14.9 Å². The summed E-state index contributed by atoms with van der Waals surface area (Å²) in [5, 5.41) is 14.1. The molecular weight excluding hydrogens is 398 g/mol. The SMILES string of the molecule is C=CCNC(=S)C(C(=O)c1cccc([N+](=O)[O-])c1)[n+]1cccc(-c2ccccc2)c1. The number of nitrogens with zero attached hydrogens (tertiary/aromatic N) is 2. The number of carbonyl (C=O) groups is 1. The van der Waals surface area contributed by atoms with Crippen molar-refractivity contribution in [2.24, 2.45) is 0 Å². The summed E-state index contributed by atoms with van der Waals surface area (Å²) in [5.41, 5.74) is 1.99. The molecule has 1 unspecified atom stereocenters. The molecule has 0 radical (unpaired) electrons. The van der Waals surface area contributed by atoms with E-state index < -0.39 is 11.0 Å². The maximum Gasteiger partial charge on any atom is 0.270 e. The van der Waals surface area contributed by atoms with Crippen LogP contribution in [0.4, 0.5) is 5.69 Å². The molecule has 1 atom stereocenters. The number of thiocarbonyl (C=S) groups is 1. The van der Waals surface area contributed by atoms with Crippen molar-refractivity contribution < 1.29 is 14.3 Å². The quantitative estimate of drug-likeness (QED) is 0.149. The van der Waals surface area contributed by atoms with Crippen LogP contribution in [0, 0.1) is 10.1 Å². The molecule has 0 aliphatic rings. The molecular formula is C23H20N3O3S+. The lowest BCUT2D eigenvalue weighted by molar-refractivity contribution is -0.691. The number of pyridine rings is 1. The molecule has 0 saturated carbocycles. The van der Waals surface area contributed by atoms with Gasteiger partial charge in [-0.15, -0.1) is 6.58 Å². The van der Waals surface area contributed by atoms with Crippen LogP contribution < -0.4 is 9.88 Å². The minimum Gasteiger partial charge on any atom is -0.370 e. The third kappa shape index (κ3) is 4.82. The molecule has 0 spiro atoms. The van der Waals surface area contributed by atoms with Crippen LogP contribution in [-0.4, -0.2) is 22.2 Å². The van der Waals surface area contributed by atoms with Crippen LogP contribution in [-0.2, 0) is 0 Å². The van der Waals surface area contributed by atoms with Crippen LogP contribution in [0.3, 0.4) is 0 Å². The Morgan fingerprint density at radius 1 is 1.13 bits per heavy atom. The lowest BCUT2D eigenvalue weighted by Gasteiger charge is -2.14. The first-order valence-corrected chi connectivity index (χ1v) is 9.65. The van der Waals surface area contributed by atoms with E-state index in [0.717, 1.165) is 11.1 Å². The largest absolute Gasteiger partial charge is 0.370 e. The molecule has 0 aliphatic heterocycles. The van der Waals surface area contributed by atoms with Crippen LogP contribution in [0.5, 0.6) is 0 Å². The fourth-order valence-electron chi connectivity index (χ4n) is 3.04. The molecule has 1 aromatic heterocycles. The summed E-state index contributed by atoms with van der Waals surface area (Å²) in [5.74, 6) is -0.338. The highest BCUT2D eigenvalue weighted by Crippen LogP contribution is 2.20. The van der Waals surface area contributed by atoms with Crippen molar-refractivity contribution in [3.8, 4) is 11.1 Å². The fraction of sp³-hybridized carbons (Fsp3) is 0.0870. The Kier molecular flexibility index (Phi) is 6.77. The normalized spacial score (nSPS) is 11.3. The molecule has 7 heteroatoms. The Labute approximate surface area is 179 Å². The predicted molar refractivity (Wildman–Crippen MR) is 119 cm³/mol. The zero-order chi connectivity index (χ0) is 21.5. The Morgan fingerprint density at radius 3 is 2.57 bits per heavy atom. The van der Waals surface area contributed by atoms with E-state index in [1.165, 1.54) is 18.2 Å². The van der Waals surface area contributed by atoms with Crippen molar-refractivity contribution >= 4 is 28.7 Å². The Bertz CT molecular complexity index is 1100. The van der Waals surface area contributed by atoms with Gasteiger partial charge >= 0.3 is 0 Å². The highest BCUT2D eigenvalue weighted by Gasteiger charge is 2.34. The first-order chi connectivity index (χ1) is 14.5. The molecule has 0 aliphatic carbocycles. The highest BCUT2D eigenvalue weighted by molar-refractivity contribution is 7.80. The van der Waals surface area contributed by atoms with Gasteiger partial charge in [0, 0.05) is 35.9 Å². The summed E-state index contributed by atoms with van der Waals surface area (Å²) in [6.45, 7) is 4.06. The second-order valence-corrected chi connectivity index (χ2v) is 6.95. The summed E-state index contributed by atoms with van der Waals surface area (Å²) >= 11 is 5.51. The van der Waals surface area contributed by atoms with E-state index in [-0.39, 0.29) is 17.0 Å². The second-order valence-electron chi connectivity index (χ2n) is 6.51. The Balaban J connectivity index is 2.04. The summed E-state index contributed by atoms with van der Waals surface area (Å²) in [6.07, 6.45) is 5.25. The summed E-state index contributed by atoms with van der Waals surface area (Å²) in [7, 11) is 0. The van der Waals surface area contributed by atoms with Crippen molar-refractivity contribution in [3.63, 3.8) is 0 Å². The smallest absolute Gasteiger partial charge is 0.270 e. The number of ketones is 1. The molecule has 2 aromatic carbocycles. The minimum absolute atomic E-state index is 0.146. The number of carbonyl (C=O) groups excluding carboxylic acids is 1. The van der Waals surface area contributed by atoms with Gasteiger partial charge in [0.25, 0.3) is 11.7 Å². The molecule has 0 bridgehead atoms. The Hall–Kier alpha value is -3.71. The molecule has 0 saturated heterocycles.